The minimum Gasteiger partial charge on any atom is -0.304 e. The van der Waals surface area contributed by atoms with Gasteiger partial charge in [0, 0.05) is 6.54 Å². The number of carbonyl (C=O) groups excluding carboxylic acids is 1. The average Bonchev–Trinajstić information content (AvgIpc) is 2.76. The predicted molar refractivity (Wildman–Crippen MR) is 71.4 cm³/mol. The largest absolute Gasteiger partial charge is 0.304 e. The first-order chi connectivity index (χ1) is 8.74. The maximum atomic E-state index is 11.6. The van der Waals surface area contributed by atoms with Crippen LogP contribution >= 0.6 is 11.3 Å². The van der Waals surface area contributed by atoms with Crippen LogP contribution in [0.15, 0.2) is 30.3 Å². The molecule has 18 heavy (non-hydrogen) atoms. The van der Waals surface area contributed by atoms with E-state index in [0.717, 1.165) is 10.6 Å². The molecule has 0 aliphatic rings. The van der Waals surface area contributed by atoms with Crippen LogP contribution in [0.3, 0.4) is 0 Å². The summed E-state index contributed by atoms with van der Waals surface area (Å²) >= 11 is 1.36. The molecule has 0 radical (unpaired) electrons. The first-order valence-electron chi connectivity index (χ1n) is 5.58. The molecule has 6 heteroatoms. The van der Waals surface area contributed by atoms with Crippen molar-refractivity contribution in [2.75, 3.05) is 11.9 Å². The zero-order valence-electron chi connectivity index (χ0n) is 10.0. The molecule has 2 aromatic rings. The quantitative estimate of drug-likeness (QED) is 0.858. The average molecular weight is 262 g/mol. The van der Waals surface area contributed by atoms with Gasteiger partial charge in [0.25, 0.3) is 0 Å². The number of hydrogen-bond donors (Lipinski definition) is 2. The van der Waals surface area contributed by atoms with Crippen molar-refractivity contribution in [2.24, 2.45) is 0 Å². The highest BCUT2D eigenvalue weighted by molar-refractivity contribution is 7.15. The Morgan fingerprint density at radius 1 is 1.28 bits per heavy atom. The number of carbonyl (C=O) groups is 1. The van der Waals surface area contributed by atoms with Gasteiger partial charge >= 0.3 is 0 Å². The zero-order chi connectivity index (χ0) is 12.8. The molecule has 0 bridgehead atoms. The molecule has 1 heterocycles. The summed E-state index contributed by atoms with van der Waals surface area (Å²) in [6.07, 6.45) is 0. The Kier molecular flexibility index (Phi) is 4.38. The second-order valence-electron chi connectivity index (χ2n) is 3.76. The van der Waals surface area contributed by atoms with Crippen LogP contribution in [0.25, 0.3) is 0 Å². The third kappa shape index (κ3) is 3.90. The fourth-order valence-corrected chi connectivity index (χ4v) is 2.03. The van der Waals surface area contributed by atoms with Gasteiger partial charge in [-0.25, -0.2) is 0 Å². The summed E-state index contributed by atoms with van der Waals surface area (Å²) in [6, 6.07) is 9.94. The number of nitrogens with zero attached hydrogens (tertiary/aromatic N) is 2. The number of aromatic nitrogens is 2. The molecule has 2 N–H and O–H groups in total. The standard InChI is InChI=1S/C12H14N4OS/c1-9-15-16-12(18-9)14-11(17)8-13-7-10-5-3-2-4-6-10/h2-6,13H,7-8H2,1H3,(H,14,16,17). The van der Waals surface area contributed by atoms with E-state index >= 15 is 0 Å². The van der Waals surface area contributed by atoms with Crippen LogP contribution in [0.4, 0.5) is 5.13 Å². The lowest BCUT2D eigenvalue weighted by molar-refractivity contribution is -0.115. The maximum absolute atomic E-state index is 11.6. The third-order valence-electron chi connectivity index (χ3n) is 2.23. The van der Waals surface area contributed by atoms with Gasteiger partial charge in [0.1, 0.15) is 5.01 Å². The fraction of sp³-hybridized carbons (Fsp3) is 0.250. The van der Waals surface area contributed by atoms with Crippen LogP contribution in [0.5, 0.6) is 0 Å². The van der Waals surface area contributed by atoms with Crippen LogP contribution in [-0.4, -0.2) is 22.6 Å². The molecule has 0 spiro atoms. The summed E-state index contributed by atoms with van der Waals surface area (Å²) in [4.78, 5) is 11.6. The molecule has 0 unspecified atom stereocenters. The van der Waals surface area contributed by atoms with Crippen LogP contribution in [-0.2, 0) is 11.3 Å². The lowest BCUT2D eigenvalue weighted by Crippen LogP contribution is -2.27. The summed E-state index contributed by atoms with van der Waals surface area (Å²) < 4.78 is 0. The summed E-state index contributed by atoms with van der Waals surface area (Å²) in [6.45, 7) is 2.78. The van der Waals surface area contributed by atoms with Gasteiger partial charge in [-0.05, 0) is 12.5 Å². The second-order valence-corrected chi connectivity index (χ2v) is 4.95. The van der Waals surface area contributed by atoms with E-state index in [1.165, 1.54) is 11.3 Å². The molecule has 0 fully saturated rings. The second kappa shape index (κ2) is 6.23. The maximum Gasteiger partial charge on any atom is 0.240 e. The molecule has 2 rings (SSSR count). The first-order valence-corrected chi connectivity index (χ1v) is 6.40. The summed E-state index contributed by atoms with van der Waals surface area (Å²) in [5, 5.41) is 14.8. The van der Waals surface area contributed by atoms with E-state index in [1.54, 1.807) is 0 Å². The van der Waals surface area contributed by atoms with Crippen LogP contribution in [0, 0.1) is 6.92 Å². The number of aryl methyl sites for hydroxylation is 1. The minimum atomic E-state index is -0.109. The topological polar surface area (TPSA) is 66.9 Å². The molecule has 1 aromatic heterocycles. The van der Waals surface area contributed by atoms with Gasteiger partial charge in [-0.3, -0.25) is 10.1 Å². The van der Waals surface area contributed by atoms with Crippen molar-refractivity contribution in [3.63, 3.8) is 0 Å². The molecule has 1 aromatic carbocycles. The highest BCUT2D eigenvalue weighted by atomic mass is 32.1. The lowest BCUT2D eigenvalue weighted by Gasteiger charge is -2.04. The van der Waals surface area contributed by atoms with Crippen LogP contribution in [0.2, 0.25) is 0 Å². The number of nitrogens with one attached hydrogen (secondary N) is 2. The van der Waals surface area contributed by atoms with Crippen molar-refractivity contribution in [1.82, 2.24) is 15.5 Å². The minimum absolute atomic E-state index is 0.109. The Bertz CT molecular complexity index is 512. The van der Waals surface area contributed by atoms with Crippen molar-refractivity contribution in [3.05, 3.63) is 40.9 Å². The highest BCUT2D eigenvalue weighted by Crippen LogP contribution is 2.12. The molecule has 0 saturated carbocycles. The summed E-state index contributed by atoms with van der Waals surface area (Å²) in [5.41, 5.74) is 1.15. The van der Waals surface area contributed by atoms with Crippen molar-refractivity contribution < 1.29 is 4.79 Å². The van der Waals surface area contributed by atoms with Gasteiger partial charge in [0.2, 0.25) is 11.0 Å². The van der Waals surface area contributed by atoms with Gasteiger partial charge in [-0.15, -0.1) is 10.2 Å². The van der Waals surface area contributed by atoms with Crippen molar-refractivity contribution >= 4 is 22.4 Å². The Labute approximate surface area is 109 Å². The van der Waals surface area contributed by atoms with Crippen molar-refractivity contribution in [1.29, 1.82) is 0 Å². The SMILES string of the molecule is Cc1nnc(NC(=O)CNCc2ccccc2)s1. The normalized spacial score (nSPS) is 10.3. The number of hydrogen-bond acceptors (Lipinski definition) is 5. The van der Waals surface area contributed by atoms with E-state index in [2.05, 4.69) is 20.8 Å². The van der Waals surface area contributed by atoms with Gasteiger partial charge in [0.05, 0.1) is 6.54 Å². The molecule has 0 atom stereocenters. The van der Waals surface area contributed by atoms with Gasteiger partial charge in [-0.2, -0.15) is 0 Å². The zero-order valence-corrected chi connectivity index (χ0v) is 10.8. The molecular weight excluding hydrogens is 248 g/mol. The van der Waals surface area contributed by atoms with Crippen molar-refractivity contribution in [3.8, 4) is 0 Å². The first kappa shape index (κ1) is 12.7. The monoisotopic (exact) mass is 262 g/mol. The Hall–Kier alpha value is -1.79. The van der Waals surface area contributed by atoms with E-state index in [-0.39, 0.29) is 12.5 Å². The van der Waals surface area contributed by atoms with Gasteiger partial charge < -0.3 is 5.32 Å². The van der Waals surface area contributed by atoms with Gasteiger partial charge in [-0.1, -0.05) is 41.7 Å². The number of benzene rings is 1. The van der Waals surface area contributed by atoms with E-state index in [0.29, 0.717) is 11.7 Å². The fourth-order valence-electron chi connectivity index (χ4n) is 1.43. The highest BCUT2D eigenvalue weighted by Gasteiger charge is 2.05. The number of rotatable bonds is 5. The molecule has 1 amide bonds. The van der Waals surface area contributed by atoms with Crippen LogP contribution in [0.1, 0.15) is 10.6 Å². The number of amides is 1. The lowest BCUT2D eigenvalue weighted by atomic mass is 10.2. The molecule has 0 aliphatic heterocycles. The number of anilines is 1. The van der Waals surface area contributed by atoms with E-state index in [9.17, 15) is 4.79 Å². The third-order valence-corrected chi connectivity index (χ3v) is 2.98. The Morgan fingerprint density at radius 3 is 2.72 bits per heavy atom. The van der Waals surface area contributed by atoms with E-state index in [4.69, 9.17) is 0 Å². The Balaban J connectivity index is 1.72. The van der Waals surface area contributed by atoms with Crippen LogP contribution < -0.4 is 10.6 Å². The predicted octanol–water partition coefficient (Wildman–Crippen LogP) is 1.57. The molecular formula is C12H14N4OS. The molecule has 94 valence electrons. The molecule has 0 aliphatic carbocycles. The molecule has 0 saturated heterocycles. The van der Waals surface area contributed by atoms with E-state index < -0.39 is 0 Å². The Morgan fingerprint density at radius 2 is 2.06 bits per heavy atom. The summed E-state index contributed by atoms with van der Waals surface area (Å²) in [5.74, 6) is -0.109. The summed E-state index contributed by atoms with van der Waals surface area (Å²) in [7, 11) is 0. The van der Waals surface area contributed by atoms with Crippen molar-refractivity contribution in [2.45, 2.75) is 13.5 Å². The van der Waals surface area contributed by atoms with Gasteiger partial charge in [0.15, 0.2) is 0 Å². The van der Waals surface area contributed by atoms with E-state index in [1.807, 2.05) is 37.3 Å². The molecule has 5 nitrogen and oxygen atoms in total. The smallest absolute Gasteiger partial charge is 0.240 e.